The number of carbonyl (C=O) groups excluding carboxylic acids is 1. The van der Waals surface area contributed by atoms with Crippen molar-refractivity contribution in [3.05, 3.63) is 0 Å². The zero-order valence-corrected chi connectivity index (χ0v) is 14.8. The number of methoxy groups -OCH3 is 1. The molecular weight excluding hydrogens is 312 g/mol. The van der Waals surface area contributed by atoms with Crippen molar-refractivity contribution >= 4 is 5.97 Å². The molecule has 6 nitrogen and oxygen atoms in total. The lowest BCUT2D eigenvalue weighted by molar-refractivity contribution is -0.319. The van der Waals surface area contributed by atoms with Crippen molar-refractivity contribution in [3.63, 3.8) is 0 Å². The van der Waals surface area contributed by atoms with E-state index >= 15 is 0 Å². The second-order valence-electron chi connectivity index (χ2n) is 6.73. The van der Waals surface area contributed by atoms with Gasteiger partial charge in [-0.05, 0) is 38.5 Å². The van der Waals surface area contributed by atoms with Crippen molar-refractivity contribution in [2.75, 3.05) is 26.9 Å². The molecule has 0 aromatic heterocycles. The Kier molecular flexibility index (Phi) is 8.45. The molecule has 0 bridgehead atoms. The second-order valence-corrected chi connectivity index (χ2v) is 6.73. The maximum Gasteiger partial charge on any atom is 0.305 e. The zero-order chi connectivity index (χ0) is 17.3. The van der Waals surface area contributed by atoms with E-state index in [2.05, 4.69) is 4.74 Å². The third-order valence-corrected chi connectivity index (χ3v) is 5.01. The normalized spacial score (nSPS) is 30.4. The molecule has 0 saturated carbocycles. The standard InChI is InChI=1S/C18H32O6/c1-21-16(20)8-4-2-3-6-11-18(15(14-19)10-13-23-18)24-17-9-5-7-12-22-17/h15,17,19H,2-14H2,1H3/t15-,17?,18+/m0/s1. The Morgan fingerprint density at radius 1 is 1.17 bits per heavy atom. The maximum atomic E-state index is 11.1. The molecule has 3 atom stereocenters. The smallest absolute Gasteiger partial charge is 0.305 e. The van der Waals surface area contributed by atoms with Crippen molar-refractivity contribution in [3.8, 4) is 0 Å². The number of rotatable bonds is 10. The quantitative estimate of drug-likeness (QED) is 0.485. The van der Waals surface area contributed by atoms with Gasteiger partial charge in [0.15, 0.2) is 12.1 Å². The number of unbranched alkanes of at least 4 members (excludes halogenated alkanes) is 3. The highest BCUT2D eigenvalue weighted by Gasteiger charge is 2.46. The van der Waals surface area contributed by atoms with Gasteiger partial charge in [-0.1, -0.05) is 12.8 Å². The van der Waals surface area contributed by atoms with Gasteiger partial charge in [0.05, 0.1) is 20.3 Å². The van der Waals surface area contributed by atoms with E-state index in [1.54, 1.807) is 0 Å². The van der Waals surface area contributed by atoms with Crippen LogP contribution in [-0.2, 0) is 23.7 Å². The highest BCUT2D eigenvalue weighted by atomic mass is 16.8. The molecule has 2 rings (SSSR count). The molecule has 6 heteroatoms. The number of aliphatic hydroxyl groups is 1. The molecule has 1 N–H and O–H groups in total. The highest BCUT2D eigenvalue weighted by Crippen LogP contribution is 2.39. The van der Waals surface area contributed by atoms with Gasteiger partial charge in [-0.3, -0.25) is 4.79 Å². The summed E-state index contributed by atoms with van der Waals surface area (Å²) in [6.45, 7) is 1.44. The van der Waals surface area contributed by atoms with Crippen LogP contribution in [0.4, 0.5) is 0 Å². The van der Waals surface area contributed by atoms with Gasteiger partial charge in [-0.2, -0.15) is 0 Å². The number of carbonyl (C=O) groups is 1. The van der Waals surface area contributed by atoms with Gasteiger partial charge in [0, 0.05) is 25.4 Å². The number of esters is 1. The lowest BCUT2D eigenvalue weighted by atomic mass is 9.93. The summed E-state index contributed by atoms with van der Waals surface area (Å²) in [5, 5.41) is 9.71. The molecule has 2 saturated heterocycles. The molecule has 140 valence electrons. The third kappa shape index (κ3) is 5.69. The Labute approximate surface area is 144 Å². The average Bonchev–Trinajstić information content (AvgIpc) is 3.01. The molecule has 1 unspecified atom stereocenters. The summed E-state index contributed by atoms with van der Waals surface area (Å²) in [7, 11) is 1.42. The Morgan fingerprint density at radius 3 is 2.71 bits per heavy atom. The summed E-state index contributed by atoms with van der Waals surface area (Å²) < 4.78 is 22.6. The number of hydrogen-bond acceptors (Lipinski definition) is 6. The maximum absolute atomic E-state index is 11.1. The van der Waals surface area contributed by atoms with Crippen LogP contribution in [0.5, 0.6) is 0 Å². The fourth-order valence-corrected chi connectivity index (χ4v) is 3.53. The molecule has 2 aliphatic rings. The van der Waals surface area contributed by atoms with E-state index in [9.17, 15) is 9.90 Å². The van der Waals surface area contributed by atoms with Crippen LogP contribution in [0.15, 0.2) is 0 Å². The van der Waals surface area contributed by atoms with Gasteiger partial charge in [0.25, 0.3) is 0 Å². The monoisotopic (exact) mass is 344 g/mol. The van der Waals surface area contributed by atoms with Crippen LogP contribution < -0.4 is 0 Å². The van der Waals surface area contributed by atoms with Crippen LogP contribution >= 0.6 is 0 Å². The van der Waals surface area contributed by atoms with E-state index in [0.29, 0.717) is 13.0 Å². The Hall–Kier alpha value is -0.690. The minimum absolute atomic E-state index is 0.0121. The first kappa shape index (κ1) is 19.6. The topological polar surface area (TPSA) is 74.2 Å². The largest absolute Gasteiger partial charge is 0.469 e. The van der Waals surface area contributed by atoms with E-state index in [-0.39, 0.29) is 24.8 Å². The van der Waals surface area contributed by atoms with E-state index in [0.717, 1.165) is 64.4 Å². The van der Waals surface area contributed by atoms with Crippen LogP contribution in [-0.4, -0.2) is 50.1 Å². The fourth-order valence-electron chi connectivity index (χ4n) is 3.53. The molecule has 0 spiro atoms. The van der Waals surface area contributed by atoms with E-state index in [1.165, 1.54) is 7.11 Å². The first-order valence-corrected chi connectivity index (χ1v) is 9.31. The summed E-state index contributed by atoms with van der Waals surface area (Å²) in [5.41, 5.74) is 0. The second kappa shape index (κ2) is 10.3. The average molecular weight is 344 g/mol. The molecule has 0 aromatic rings. The predicted octanol–water partition coefficient (Wildman–Crippen LogP) is 2.77. The molecule has 0 aromatic carbocycles. The van der Waals surface area contributed by atoms with E-state index in [4.69, 9.17) is 14.2 Å². The molecule has 0 aliphatic carbocycles. The Balaban J connectivity index is 1.77. The minimum Gasteiger partial charge on any atom is -0.469 e. The number of ether oxygens (including phenoxy) is 4. The molecule has 0 radical (unpaired) electrons. The first-order valence-electron chi connectivity index (χ1n) is 9.31. The summed E-state index contributed by atoms with van der Waals surface area (Å²) in [5.74, 6) is -0.846. The van der Waals surface area contributed by atoms with Gasteiger partial charge in [-0.25, -0.2) is 0 Å². The summed E-state index contributed by atoms with van der Waals surface area (Å²) in [6, 6.07) is 0. The number of aliphatic hydroxyl groups excluding tert-OH is 1. The van der Waals surface area contributed by atoms with Crippen LogP contribution in [0, 0.1) is 5.92 Å². The third-order valence-electron chi connectivity index (χ3n) is 5.01. The molecule has 24 heavy (non-hydrogen) atoms. The summed E-state index contributed by atoms with van der Waals surface area (Å²) in [6.07, 6.45) is 8.71. The van der Waals surface area contributed by atoms with E-state index in [1.807, 2.05) is 0 Å². The van der Waals surface area contributed by atoms with Crippen LogP contribution in [0.1, 0.15) is 64.2 Å². The highest BCUT2D eigenvalue weighted by molar-refractivity contribution is 5.68. The molecule has 0 amide bonds. The SMILES string of the molecule is COC(=O)CCCCCC[C@]1(OC2CCCCO2)OCC[C@H]1CO. The zero-order valence-electron chi connectivity index (χ0n) is 14.8. The van der Waals surface area contributed by atoms with E-state index < -0.39 is 5.79 Å². The predicted molar refractivity (Wildman–Crippen MR) is 88.3 cm³/mol. The molecular formula is C18H32O6. The first-order chi connectivity index (χ1) is 11.7. The fraction of sp³-hybridized carbons (Fsp3) is 0.944. The Morgan fingerprint density at radius 2 is 2.00 bits per heavy atom. The van der Waals surface area contributed by atoms with Crippen LogP contribution in [0.25, 0.3) is 0 Å². The van der Waals surface area contributed by atoms with Crippen molar-refractivity contribution in [1.29, 1.82) is 0 Å². The number of hydrogen-bond donors (Lipinski definition) is 1. The molecule has 2 fully saturated rings. The van der Waals surface area contributed by atoms with Gasteiger partial charge in [-0.15, -0.1) is 0 Å². The Bertz CT molecular complexity index is 369. The van der Waals surface area contributed by atoms with Crippen molar-refractivity contribution < 1.29 is 28.8 Å². The van der Waals surface area contributed by atoms with Crippen molar-refractivity contribution in [1.82, 2.24) is 0 Å². The summed E-state index contributed by atoms with van der Waals surface area (Å²) in [4.78, 5) is 11.1. The molecule has 2 aliphatic heterocycles. The van der Waals surface area contributed by atoms with Gasteiger partial charge in [0.1, 0.15) is 0 Å². The van der Waals surface area contributed by atoms with Gasteiger partial charge < -0.3 is 24.1 Å². The van der Waals surface area contributed by atoms with Gasteiger partial charge in [0.2, 0.25) is 0 Å². The minimum atomic E-state index is -0.709. The summed E-state index contributed by atoms with van der Waals surface area (Å²) >= 11 is 0. The lowest BCUT2D eigenvalue weighted by Gasteiger charge is -2.38. The molecule has 2 heterocycles. The lowest BCUT2D eigenvalue weighted by Crippen LogP contribution is -2.44. The van der Waals surface area contributed by atoms with Crippen molar-refractivity contribution in [2.24, 2.45) is 5.92 Å². The van der Waals surface area contributed by atoms with Crippen molar-refractivity contribution in [2.45, 2.75) is 76.3 Å². The van der Waals surface area contributed by atoms with Crippen LogP contribution in [0.2, 0.25) is 0 Å². The van der Waals surface area contributed by atoms with Gasteiger partial charge >= 0.3 is 5.97 Å². The van der Waals surface area contributed by atoms with Crippen LogP contribution in [0.3, 0.4) is 0 Å².